The molecule has 0 spiro atoms. The number of hydrogen-bond donors (Lipinski definition) is 0. The highest BCUT2D eigenvalue weighted by Crippen LogP contribution is 2.25. The summed E-state index contributed by atoms with van der Waals surface area (Å²) in [6.07, 6.45) is 0.274. The highest BCUT2D eigenvalue weighted by atomic mass is 32.2. The molecule has 1 amide bonds. The summed E-state index contributed by atoms with van der Waals surface area (Å²) in [4.78, 5) is 14.5. The predicted molar refractivity (Wildman–Crippen MR) is 117 cm³/mol. The van der Waals surface area contributed by atoms with Crippen LogP contribution in [-0.2, 0) is 11.8 Å². The molecule has 8 heteroatoms. The smallest absolute Gasteiger partial charge is 0.237 e. The first-order chi connectivity index (χ1) is 14.5. The topological polar surface area (TPSA) is 84.0 Å². The number of amides is 1. The van der Waals surface area contributed by atoms with Gasteiger partial charge in [-0.1, -0.05) is 29.5 Å². The normalized spacial score (nSPS) is 10.5. The Morgan fingerprint density at radius 1 is 1.17 bits per heavy atom. The average molecular weight is 422 g/mol. The molecule has 7 nitrogen and oxygen atoms in total. The van der Waals surface area contributed by atoms with Gasteiger partial charge in [0.25, 0.3) is 0 Å². The zero-order valence-corrected chi connectivity index (χ0v) is 18.0. The van der Waals surface area contributed by atoms with Crippen molar-refractivity contribution in [2.75, 3.05) is 24.3 Å². The van der Waals surface area contributed by atoms with Crippen LogP contribution in [0.5, 0.6) is 5.75 Å². The van der Waals surface area contributed by atoms with Gasteiger partial charge in [0.05, 0.1) is 25.4 Å². The van der Waals surface area contributed by atoms with Gasteiger partial charge >= 0.3 is 0 Å². The molecule has 3 aromatic rings. The Balaban J connectivity index is 1.71. The minimum absolute atomic E-state index is 0.0758. The van der Waals surface area contributed by atoms with E-state index in [0.717, 1.165) is 22.6 Å². The molecule has 0 unspecified atom stereocenters. The monoisotopic (exact) mass is 421 g/mol. The number of methoxy groups -OCH3 is 1. The molecule has 0 saturated carbocycles. The molecule has 0 aliphatic heterocycles. The van der Waals surface area contributed by atoms with E-state index in [1.165, 1.54) is 11.8 Å². The third-order valence-electron chi connectivity index (χ3n) is 4.60. The number of anilines is 1. The Hall–Kier alpha value is -3.31. The largest absolute Gasteiger partial charge is 0.497 e. The van der Waals surface area contributed by atoms with Gasteiger partial charge in [-0.15, -0.1) is 10.2 Å². The first kappa shape index (κ1) is 21.4. The molecule has 3 rings (SSSR count). The fourth-order valence-electron chi connectivity index (χ4n) is 2.92. The van der Waals surface area contributed by atoms with Gasteiger partial charge in [-0.3, -0.25) is 4.79 Å². The molecule has 154 valence electrons. The summed E-state index contributed by atoms with van der Waals surface area (Å²) in [5, 5.41) is 18.1. The maximum atomic E-state index is 12.9. The van der Waals surface area contributed by atoms with E-state index in [0.29, 0.717) is 17.5 Å². The van der Waals surface area contributed by atoms with Gasteiger partial charge in [0, 0.05) is 24.8 Å². The molecule has 0 bridgehead atoms. The van der Waals surface area contributed by atoms with Crippen LogP contribution in [0.1, 0.15) is 12.0 Å². The zero-order valence-electron chi connectivity index (χ0n) is 17.2. The minimum atomic E-state index is -0.0758. The molecule has 0 aliphatic rings. The molecule has 0 atom stereocenters. The highest BCUT2D eigenvalue weighted by Gasteiger charge is 2.18. The SMILES string of the molecule is COc1ccc(-c2nnc(SCC(=O)N(CCC#N)c3ccc(C)cc3)n2C)cc1. The lowest BCUT2D eigenvalue weighted by atomic mass is 10.2. The highest BCUT2D eigenvalue weighted by molar-refractivity contribution is 7.99. The van der Waals surface area contributed by atoms with Crippen molar-refractivity contribution in [2.45, 2.75) is 18.5 Å². The van der Waals surface area contributed by atoms with Gasteiger partial charge in [-0.25, -0.2) is 0 Å². The number of aromatic nitrogens is 3. The van der Waals surface area contributed by atoms with Gasteiger partial charge < -0.3 is 14.2 Å². The summed E-state index contributed by atoms with van der Waals surface area (Å²) in [5.41, 5.74) is 2.82. The van der Waals surface area contributed by atoms with Crippen molar-refractivity contribution in [2.24, 2.45) is 7.05 Å². The van der Waals surface area contributed by atoms with Gasteiger partial charge in [-0.2, -0.15) is 5.26 Å². The summed E-state index contributed by atoms with van der Waals surface area (Å²) >= 11 is 1.33. The molecular formula is C22H23N5O2S. The van der Waals surface area contributed by atoms with Crippen molar-refractivity contribution in [3.05, 3.63) is 54.1 Å². The van der Waals surface area contributed by atoms with Crippen LogP contribution in [0.2, 0.25) is 0 Å². The lowest BCUT2D eigenvalue weighted by molar-refractivity contribution is -0.116. The summed E-state index contributed by atoms with van der Waals surface area (Å²) in [6, 6.07) is 17.4. The molecule has 0 saturated heterocycles. The third-order valence-corrected chi connectivity index (χ3v) is 5.61. The molecule has 0 fully saturated rings. The second-order valence-corrected chi connectivity index (χ2v) is 7.61. The number of hydrogen-bond acceptors (Lipinski definition) is 6. The zero-order chi connectivity index (χ0) is 21.5. The fraction of sp³-hybridized carbons (Fsp3) is 0.273. The summed E-state index contributed by atoms with van der Waals surface area (Å²) < 4.78 is 7.06. The number of aryl methyl sites for hydroxylation is 1. The molecular weight excluding hydrogens is 398 g/mol. The molecule has 1 aromatic heterocycles. The molecule has 0 radical (unpaired) electrons. The third kappa shape index (κ3) is 4.99. The number of thioether (sulfide) groups is 1. The van der Waals surface area contributed by atoms with Gasteiger partial charge in [0.1, 0.15) is 5.75 Å². The number of ether oxygens (including phenoxy) is 1. The van der Waals surface area contributed by atoms with Crippen molar-refractivity contribution < 1.29 is 9.53 Å². The van der Waals surface area contributed by atoms with Gasteiger partial charge in [0.2, 0.25) is 5.91 Å². The van der Waals surface area contributed by atoms with Crippen LogP contribution in [-0.4, -0.2) is 40.1 Å². The molecule has 2 aromatic carbocycles. The molecule has 30 heavy (non-hydrogen) atoms. The number of nitrogens with zero attached hydrogens (tertiary/aromatic N) is 5. The van der Waals surface area contributed by atoms with Crippen LogP contribution < -0.4 is 9.64 Å². The van der Waals surface area contributed by atoms with Crippen molar-refractivity contribution in [1.29, 1.82) is 5.26 Å². The van der Waals surface area contributed by atoms with Crippen LogP contribution in [0, 0.1) is 18.3 Å². The standard InChI is InChI=1S/C22H23N5O2S/c1-16-5-9-18(10-6-16)27(14-4-13-23)20(28)15-30-22-25-24-21(26(22)2)17-7-11-19(29-3)12-8-17/h5-12H,4,14-15H2,1-3H3. The number of nitriles is 1. The van der Waals surface area contributed by atoms with E-state index in [1.54, 1.807) is 12.0 Å². The lowest BCUT2D eigenvalue weighted by Crippen LogP contribution is -2.33. The van der Waals surface area contributed by atoms with Crippen molar-refractivity contribution in [1.82, 2.24) is 14.8 Å². The van der Waals surface area contributed by atoms with Gasteiger partial charge in [-0.05, 0) is 43.3 Å². The number of carbonyl (C=O) groups is 1. The van der Waals surface area contributed by atoms with E-state index in [4.69, 9.17) is 10.00 Å². The molecule has 0 aliphatic carbocycles. The van der Waals surface area contributed by atoms with E-state index in [2.05, 4.69) is 16.3 Å². The van der Waals surface area contributed by atoms with E-state index in [-0.39, 0.29) is 18.1 Å². The van der Waals surface area contributed by atoms with E-state index in [9.17, 15) is 4.79 Å². The van der Waals surface area contributed by atoms with Crippen molar-refractivity contribution >= 4 is 23.4 Å². The Labute approximate surface area is 180 Å². The molecule has 1 heterocycles. The quantitative estimate of drug-likeness (QED) is 0.514. The summed E-state index contributed by atoms with van der Waals surface area (Å²) in [6.45, 7) is 2.35. The van der Waals surface area contributed by atoms with Crippen molar-refractivity contribution in [3.63, 3.8) is 0 Å². The van der Waals surface area contributed by atoms with Gasteiger partial charge in [0.15, 0.2) is 11.0 Å². The first-order valence-electron chi connectivity index (χ1n) is 9.44. The Kier molecular flexibility index (Phi) is 7.09. The number of benzene rings is 2. The van der Waals surface area contributed by atoms with Crippen LogP contribution in [0.15, 0.2) is 53.7 Å². The summed E-state index contributed by atoms with van der Waals surface area (Å²) in [5.74, 6) is 1.61. The Morgan fingerprint density at radius 2 is 1.87 bits per heavy atom. The Bertz CT molecular complexity index is 1040. The second-order valence-electron chi connectivity index (χ2n) is 6.67. The van der Waals surface area contributed by atoms with Crippen molar-refractivity contribution in [3.8, 4) is 23.2 Å². The fourth-order valence-corrected chi connectivity index (χ4v) is 3.71. The van der Waals surface area contributed by atoms with Crippen LogP contribution in [0.4, 0.5) is 5.69 Å². The average Bonchev–Trinajstić information content (AvgIpc) is 3.14. The second kappa shape index (κ2) is 9.94. The lowest BCUT2D eigenvalue weighted by Gasteiger charge is -2.21. The van der Waals surface area contributed by atoms with Crippen LogP contribution in [0.25, 0.3) is 11.4 Å². The minimum Gasteiger partial charge on any atom is -0.497 e. The van der Waals surface area contributed by atoms with E-state index >= 15 is 0 Å². The Morgan fingerprint density at radius 3 is 2.50 bits per heavy atom. The predicted octanol–water partition coefficient (Wildman–Crippen LogP) is 3.84. The van der Waals surface area contributed by atoms with E-state index in [1.807, 2.05) is 67.1 Å². The maximum Gasteiger partial charge on any atom is 0.237 e. The number of rotatable bonds is 8. The van der Waals surface area contributed by atoms with Crippen LogP contribution in [0.3, 0.4) is 0 Å². The summed E-state index contributed by atoms with van der Waals surface area (Å²) in [7, 11) is 3.50. The van der Waals surface area contributed by atoms with Crippen LogP contribution >= 0.6 is 11.8 Å². The first-order valence-corrected chi connectivity index (χ1v) is 10.4. The van der Waals surface area contributed by atoms with E-state index < -0.39 is 0 Å². The number of carbonyl (C=O) groups excluding carboxylic acids is 1. The molecule has 0 N–H and O–H groups in total. The maximum absolute atomic E-state index is 12.9.